The Hall–Kier alpha value is -0.600. The summed E-state index contributed by atoms with van der Waals surface area (Å²) >= 11 is 5.72. The van der Waals surface area contributed by atoms with Crippen molar-refractivity contribution in [2.75, 3.05) is 0 Å². The molecule has 1 atom stereocenters. The van der Waals surface area contributed by atoms with E-state index < -0.39 is 0 Å². The minimum Gasteiger partial charge on any atom is -0.328 e. The molecule has 0 radical (unpaired) electrons. The fraction of sp³-hybridized carbons (Fsp3) is 0.444. The fourth-order valence-corrected chi connectivity index (χ4v) is 1.15. The minimum absolute atomic E-state index is 0.228. The zero-order valence-corrected chi connectivity index (χ0v) is 7.88. The normalized spacial score (nSPS) is 12.9. The van der Waals surface area contributed by atoms with Crippen LogP contribution < -0.4 is 5.73 Å². The number of nitrogens with two attached hydrogens (primary N) is 1. The van der Waals surface area contributed by atoms with E-state index in [0.29, 0.717) is 5.15 Å². The molecule has 12 heavy (non-hydrogen) atoms. The van der Waals surface area contributed by atoms with Gasteiger partial charge in [-0.25, -0.2) is 4.98 Å². The van der Waals surface area contributed by atoms with Crippen LogP contribution in [0.15, 0.2) is 18.2 Å². The van der Waals surface area contributed by atoms with Gasteiger partial charge in [0.2, 0.25) is 0 Å². The summed E-state index contributed by atoms with van der Waals surface area (Å²) < 4.78 is 0. The Labute approximate surface area is 77.8 Å². The average molecular weight is 185 g/mol. The number of pyridine rings is 1. The average Bonchev–Trinajstić information content (AvgIpc) is 2.01. The highest BCUT2D eigenvalue weighted by molar-refractivity contribution is 6.29. The molecule has 0 saturated heterocycles. The maximum absolute atomic E-state index is 5.72. The third-order valence-corrected chi connectivity index (χ3v) is 1.84. The Bertz CT molecular complexity index is 248. The van der Waals surface area contributed by atoms with Gasteiger partial charge in [-0.05, 0) is 31.9 Å². The zero-order chi connectivity index (χ0) is 8.97. The molecule has 1 rings (SSSR count). The Morgan fingerprint density at radius 1 is 1.58 bits per heavy atom. The van der Waals surface area contributed by atoms with Crippen LogP contribution in [0.4, 0.5) is 0 Å². The molecule has 0 aliphatic carbocycles. The Kier molecular flexibility index (Phi) is 3.50. The summed E-state index contributed by atoms with van der Waals surface area (Å²) in [5, 5.41) is 0.553. The van der Waals surface area contributed by atoms with Crippen molar-refractivity contribution in [1.82, 2.24) is 4.98 Å². The van der Waals surface area contributed by atoms with Crippen LogP contribution in [-0.4, -0.2) is 11.0 Å². The summed E-state index contributed by atoms with van der Waals surface area (Å²) in [6.07, 6.45) is 1.85. The van der Waals surface area contributed by atoms with Gasteiger partial charge in [0.05, 0.1) is 0 Å². The van der Waals surface area contributed by atoms with Gasteiger partial charge in [0.1, 0.15) is 5.15 Å². The van der Waals surface area contributed by atoms with Gasteiger partial charge in [-0.15, -0.1) is 0 Å². The summed E-state index contributed by atoms with van der Waals surface area (Å²) in [6, 6.07) is 5.88. The highest BCUT2D eigenvalue weighted by Crippen LogP contribution is 2.07. The van der Waals surface area contributed by atoms with Crippen molar-refractivity contribution in [3.63, 3.8) is 0 Å². The quantitative estimate of drug-likeness (QED) is 0.730. The lowest BCUT2D eigenvalue weighted by Crippen LogP contribution is -2.15. The topological polar surface area (TPSA) is 38.9 Å². The molecule has 2 N–H and O–H groups in total. The van der Waals surface area contributed by atoms with E-state index in [1.54, 1.807) is 6.07 Å². The fourth-order valence-electron chi connectivity index (χ4n) is 0.965. The van der Waals surface area contributed by atoms with Gasteiger partial charge in [0.25, 0.3) is 0 Å². The smallest absolute Gasteiger partial charge is 0.129 e. The van der Waals surface area contributed by atoms with Gasteiger partial charge in [0, 0.05) is 11.7 Å². The molecule has 1 unspecified atom stereocenters. The standard InChI is InChI=1S/C9H13ClN2/c1-7(11)5-6-8-3-2-4-9(10)12-8/h2-4,7H,5-6,11H2,1H3. The van der Waals surface area contributed by atoms with E-state index in [-0.39, 0.29) is 6.04 Å². The molecule has 1 aromatic rings. The number of rotatable bonds is 3. The molecule has 0 fully saturated rings. The summed E-state index contributed by atoms with van der Waals surface area (Å²) in [4.78, 5) is 4.16. The molecule has 1 aromatic heterocycles. The van der Waals surface area contributed by atoms with Gasteiger partial charge in [-0.3, -0.25) is 0 Å². The summed E-state index contributed by atoms with van der Waals surface area (Å²) in [5.74, 6) is 0. The highest BCUT2D eigenvalue weighted by atomic mass is 35.5. The first-order valence-electron chi connectivity index (χ1n) is 4.05. The van der Waals surface area contributed by atoms with E-state index >= 15 is 0 Å². The van der Waals surface area contributed by atoms with Crippen molar-refractivity contribution in [3.05, 3.63) is 29.0 Å². The maximum atomic E-state index is 5.72. The van der Waals surface area contributed by atoms with E-state index in [9.17, 15) is 0 Å². The second kappa shape index (κ2) is 4.43. The van der Waals surface area contributed by atoms with Crippen molar-refractivity contribution < 1.29 is 0 Å². The number of hydrogen-bond donors (Lipinski definition) is 1. The van der Waals surface area contributed by atoms with Crippen LogP contribution in [0.25, 0.3) is 0 Å². The molecule has 0 bridgehead atoms. The first-order valence-corrected chi connectivity index (χ1v) is 4.43. The molecule has 0 amide bonds. The van der Waals surface area contributed by atoms with Crippen LogP contribution in [0.3, 0.4) is 0 Å². The third kappa shape index (κ3) is 3.20. The SMILES string of the molecule is CC(N)CCc1cccc(Cl)n1. The van der Waals surface area contributed by atoms with Crippen molar-refractivity contribution in [2.45, 2.75) is 25.8 Å². The Morgan fingerprint density at radius 2 is 2.33 bits per heavy atom. The molecule has 3 heteroatoms. The second-order valence-electron chi connectivity index (χ2n) is 2.97. The van der Waals surface area contributed by atoms with E-state index in [0.717, 1.165) is 18.5 Å². The van der Waals surface area contributed by atoms with Gasteiger partial charge in [-0.1, -0.05) is 17.7 Å². The van der Waals surface area contributed by atoms with Crippen molar-refractivity contribution in [2.24, 2.45) is 5.73 Å². The monoisotopic (exact) mass is 184 g/mol. The van der Waals surface area contributed by atoms with Crippen LogP contribution in [0.1, 0.15) is 19.0 Å². The van der Waals surface area contributed by atoms with E-state index in [1.165, 1.54) is 0 Å². The number of halogens is 1. The molecule has 0 aliphatic rings. The molecule has 0 spiro atoms. The number of hydrogen-bond acceptors (Lipinski definition) is 2. The maximum Gasteiger partial charge on any atom is 0.129 e. The highest BCUT2D eigenvalue weighted by Gasteiger charge is 1.98. The number of aromatic nitrogens is 1. The van der Waals surface area contributed by atoms with Crippen LogP contribution >= 0.6 is 11.6 Å². The molecule has 2 nitrogen and oxygen atoms in total. The number of nitrogens with zero attached hydrogens (tertiary/aromatic N) is 1. The molecule has 0 aromatic carbocycles. The largest absolute Gasteiger partial charge is 0.328 e. The molecule has 66 valence electrons. The van der Waals surface area contributed by atoms with E-state index in [2.05, 4.69) is 4.98 Å². The lowest BCUT2D eigenvalue weighted by molar-refractivity contribution is 0.658. The Balaban J connectivity index is 2.52. The van der Waals surface area contributed by atoms with E-state index in [1.807, 2.05) is 19.1 Å². The van der Waals surface area contributed by atoms with Gasteiger partial charge >= 0.3 is 0 Å². The first-order chi connectivity index (χ1) is 5.68. The van der Waals surface area contributed by atoms with Crippen molar-refractivity contribution in [1.29, 1.82) is 0 Å². The van der Waals surface area contributed by atoms with Gasteiger partial charge < -0.3 is 5.73 Å². The molecular formula is C9H13ClN2. The summed E-state index contributed by atoms with van der Waals surface area (Å²) in [5.41, 5.74) is 6.63. The van der Waals surface area contributed by atoms with E-state index in [4.69, 9.17) is 17.3 Å². The predicted molar refractivity (Wildman–Crippen MR) is 51.2 cm³/mol. The lowest BCUT2D eigenvalue weighted by atomic mass is 10.1. The predicted octanol–water partition coefficient (Wildman–Crippen LogP) is 2.01. The minimum atomic E-state index is 0.228. The Morgan fingerprint density at radius 3 is 2.92 bits per heavy atom. The zero-order valence-electron chi connectivity index (χ0n) is 7.13. The van der Waals surface area contributed by atoms with Crippen LogP contribution in [-0.2, 0) is 6.42 Å². The molecular weight excluding hydrogens is 172 g/mol. The van der Waals surface area contributed by atoms with Crippen molar-refractivity contribution >= 4 is 11.6 Å². The second-order valence-corrected chi connectivity index (χ2v) is 3.35. The van der Waals surface area contributed by atoms with Crippen molar-refractivity contribution in [3.8, 4) is 0 Å². The lowest BCUT2D eigenvalue weighted by Gasteiger charge is -2.03. The molecule has 0 aliphatic heterocycles. The summed E-state index contributed by atoms with van der Waals surface area (Å²) in [7, 11) is 0. The third-order valence-electron chi connectivity index (χ3n) is 1.63. The van der Waals surface area contributed by atoms with Gasteiger partial charge in [-0.2, -0.15) is 0 Å². The first kappa shape index (κ1) is 9.49. The van der Waals surface area contributed by atoms with Crippen LogP contribution in [0.2, 0.25) is 5.15 Å². The van der Waals surface area contributed by atoms with Crippen LogP contribution in [0, 0.1) is 0 Å². The molecule has 0 saturated carbocycles. The van der Waals surface area contributed by atoms with Crippen LogP contribution in [0.5, 0.6) is 0 Å². The van der Waals surface area contributed by atoms with Gasteiger partial charge in [0.15, 0.2) is 0 Å². The summed E-state index contributed by atoms with van der Waals surface area (Å²) in [6.45, 7) is 1.99. The molecule has 1 heterocycles. The number of aryl methyl sites for hydroxylation is 1.